The van der Waals surface area contributed by atoms with Gasteiger partial charge in [0.2, 0.25) is 21.8 Å². The molecule has 0 spiro atoms. The quantitative estimate of drug-likeness (QED) is 0.343. The van der Waals surface area contributed by atoms with Crippen LogP contribution in [0.5, 0.6) is 5.75 Å². The van der Waals surface area contributed by atoms with Gasteiger partial charge in [0.1, 0.15) is 24.0 Å². The van der Waals surface area contributed by atoms with Crippen molar-refractivity contribution >= 4 is 33.2 Å². The van der Waals surface area contributed by atoms with E-state index < -0.39 is 33.4 Å². The van der Waals surface area contributed by atoms with E-state index in [0.29, 0.717) is 13.0 Å². The zero-order valence-corrected chi connectivity index (χ0v) is 20.9. The Labute approximate surface area is 204 Å². The van der Waals surface area contributed by atoms with Gasteiger partial charge in [0.15, 0.2) is 0 Å². The molecule has 2 aromatic rings. The number of nitro benzene ring substituents is 1. The van der Waals surface area contributed by atoms with Crippen molar-refractivity contribution in [1.82, 2.24) is 10.2 Å². The van der Waals surface area contributed by atoms with Gasteiger partial charge in [0.25, 0.3) is 5.69 Å². The fourth-order valence-electron chi connectivity index (χ4n) is 3.47. The van der Waals surface area contributed by atoms with Crippen molar-refractivity contribution in [2.75, 3.05) is 37.3 Å². The van der Waals surface area contributed by atoms with Crippen LogP contribution < -0.4 is 14.4 Å². The number of hydrogen-bond donors (Lipinski definition) is 1. The van der Waals surface area contributed by atoms with E-state index in [4.69, 9.17) is 4.74 Å². The van der Waals surface area contributed by atoms with Crippen LogP contribution in [-0.2, 0) is 26.0 Å². The first-order chi connectivity index (χ1) is 16.5. The topological polar surface area (TPSA) is 139 Å². The number of amides is 2. The number of sulfonamides is 1. The molecular formula is C23H30N4O7S. The molecule has 1 N–H and O–H groups in total. The summed E-state index contributed by atoms with van der Waals surface area (Å²) >= 11 is 0. The van der Waals surface area contributed by atoms with Crippen molar-refractivity contribution in [3.05, 3.63) is 64.2 Å². The molecule has 2 amide bonds. The molecule has 0 saturated carbocycles. The average Bonchev–Trinajstić information content (AvgIpc) is 2.82. The summed E-state index contributed by atoms with van der Waals surface area (Å²) in [7, 11) is -2.77. The molecule has 0 bridgehead atoms. The molecule has 35 heavy (non-hydrogen) atoms. The van der Waals surface area contributed by atoms with Gasteiger partial charge in [-0.05, 0) is 31.9 Å². The van der Waals surface area contributed by atoms with Gasteiger partial charge in [-0.2, -0.15) is 0 Å². The first kappa shape index (κ1) is 27.6. The summed E-state index contributed by atoms with van der Waals surface area (Å²) in [6, 6.07) is 11.9. The van der Waals surface area contributed by atoms with Crippen LogP contribution in [0.2, 0.25) is 0 Å². The SMILES string of the molecule is CCNC(=O)[C@H](C)N(CCc1ccccc1)C(=O)CN(c1cc([N+](=O)[O-])ccc1OC)S(C)(=O)=O. The Bertz CT molecular complexity index is 1160. The van der Waals surface area contributed by atoms with Gasteiger partial charge >= 0.3 is 0 Å². The van der Waals surface area contributed by atoms with E-state index in [9.17, 15) is 28.1 Å². The Morgan fingerprint density at radius 3 is 2.37 bits per heavy atom. The molecule has 190 valence electrons. The highest BCUT2D eigenvalue weighted by Crippen LogP contribution is 2.33. The summed E-state index contributed by atoms with van der Waals surface area (Å²) in [4.78, 5) is 37.9. The lowest BCUT2D eigenvalue weighted by molar-refractivity contribution is -0.384. The highest BCUT2D eigenvalue weighted by atomic mass is 32.2. The van der Waals surface area contributed by atoms with E-state index in [2.05, 4.69) is 5.32 Å². The first-order valence-corrected chi connectivity index (χ1v) is 12.8. The first-order valence-electron chi connectivity index (χ1n) is 10.9. The fourth-order valence-corrected chi connectivity index (χ4v) is 4.32. The number of nitrogens with one attached hydrogen (secondary N) is 1. The minimum Gasteiger partial charge on any atom is -0.495 e. The number of nitrogens with zero attached hydrogens (tertiary/aromatic N) is 3. The third-order valence-electron chi connectivity index (χ3n) is 5.32. The number of methoxy groups -OCH3 is 1. The van der Waals surface area contributed by atoms with Crippen LogP contribution in [0.1, 0.15) is 19.4 Å². The highest BCUT2D eigenvalue weighted by molar-refractivity contribution is 7.92. The lowest BCUT2D eigenvalue weighted by atomic mass is 10.1. The smallest absolute Gasteiger partial charge is 0.271 e. The molecule has 1 atom stereocenters. The minimum absolute atomic E-state index is 0.0430. The molecule has 2 rings (SSSR count). The molecule has 0 unspecified atom stereocenters. The maximum atomic E-state index is 13.4. The summed E-state index contributed by atoms with van der Waals surface area (Å²) in [6.07, 6.45) is 1.33. The van der Waals surface area contributed by atoms with E-state index in [1.54, 1.807) is 13.8 Å². The highest BCUT2D eigenvalue weighted by Gasteiger charge is 2.31. The number of carbonyl (C=O) groups is 2. The molecule has 0 aliphatic carbocycles. The Morgan fingerprint density at radius 2 is 1.83 bits per heavy atom. The van der Waals surface area contributed by atoms with E-state index in [-0.39, 0.29) is 29.6 Å². The molecular weight excluding hydrogens is 476 g/mol. The second kappa shape index (κ2) is 12.2. The third-order valence-corrected chi connectivity index (χ3v) is 6.45. The number of hydrogen-bond acceptors (Lipinski definition) is 7. The summed E-state index contributed by atoms with van der Waals surface area (Å²) in [6.45, 7) is 3.16. The lowest BCUT2D eigenvalue weighted by Crippen LogP contribution is -2.52. The van der Waals surface area contributed by atoms with Crippen LogP contribution in [0.4, 0.5) is 11.4 Å². The van der Waals surface area contributed by atoms with Gasteiger partial charge in [-0.3, -0.25) is 24.0 Å². The number of rotatable bonds is 12. The maximum Gasteiger partial charge on any atom is 0.271 e. The van der Waals surface area contributed by atoms with Crippen molar-refractivity contribution in [1.29, 1.82) is 0 Å². The molecule has 0 fully saturated rings. The molecule has 0 aromatic heterocycles. The number of nitro groups is 1. The molecule has 0 aliphatic heterocycles. The van der Waals surface area contributed by atoms with Crippen molar-refractivity contribution in [3.63, 3.8) is 0 Å². The van der Waals surface area contributed by atoms with E-state index in [0.717, 1.165) is 22.2 Å². The van der Waals surface area contributed by atoms with E-state index >= 15 is 0 Å². The largest absolute Gasteiger partial charge is 0.495 e. The Balaban J connectivity index is 2.43. The van der Waals surface area contributed by atoms with Gasteiger partial charge in [-0.25, -0.2) is 8.42 Å². The van der Waals surface area contributed by atoms with Gasteiger partial charge in [0.05, 0.1) is 18.3 Å². The van der Waals surface area contributed by atoms with Crippen LogP contribution in [0.15, 0.2) is 48.5 Å². The predicted molar refractivity (Wildman–Crippen MR) is 132 cm³/mol. The summed E-state index contributed by atoms with van der Waals surface area (Å²) in [5.41, 5.74) is 0.429. The number of carbonyl (C=O) groups excluding carboxylic acids is 2. The Kier molecular flexibility index (Phi) is 9.58. The lowest BCUT2D eigenvalue weighted by Gasteiger charge is -2.31. The molecule has 0 heterocycles. The molecule has 0 saturated heterocycles. The number of non-ortho nitro benzene ring substituents is 1. The van der Waals surface area contributed by atoms with Crippen LogP contribution in [0, 0.1) is 10.1 Å². The van der Waals surface area contributed by atoms with Crippen molar-refractivity contribution < 1.29 is 27.7 Å². The zero-order chi connectivity index (χ0) is 26.2. The zero-order valence-electron chi connectivity index (χ0n) is 20.1. The summed E-state index contributed by atoms with van der Waals surface area (Å²) < 4.78 is 31.3. The number of ether oxygens (including phenoxy) is 1. The number of anilines is 1. The predicted octanol–water partition coefficient (Wildman–Crippen LogP) is 1.97. The molecule has 11 nitrogen and oxygen atoms in total. The second-order valence-electron chi connectivity index (χ2n) is 7.78. The van der Waals surface area contributed by atoms with Crippen LogP contribution in [0.3, 0.4) is 0 Å². The summed E-state index contributed by atoms with van der Waals surface area (Å²) in [5, 5.41) is 14.0. The fraction of sp³-hybridized carbons (Fsp3) is 0.391. The maximum absolute atomic E-state index is 13.4. The number of likely N-dealkylation sites (N-methyl/N-ethyl adjacent to an activating group) is 1. The normalized spacial score (nSPS) is 11.9. The van der Waals surface area contributed by atoms with Crippen molar-refractivity contribution in [3.8, 4) is 5.75 Å². The monoisotopic (exact) mass is 506 g/mol. The van der Waals surface area contributed by atoms with Crippen molar-refractivity contribution in [2.45, 2.75) is 26.3 Å². The van der Waals surface area contributed by atoms with Gasteiger partial charge in [-0.1, -0.05) is 30.3 Å². The van der Waals surface area contributed by atoms with Crippen LogP contribution in [0.25, 0.3) is 0 Å². The second-order valence-corrected chi connectivity index (χ2v) is 9.68. The van der Waals surface area contributed by atoms with Gasteiger partial charge in [0, 0.05) is 25.2 Å². The van der Waals surface area contributed by atoms with Crippen LogP contribution >= 0.6 is 0 Å². The minimum atomic E-state index is -4.06. The van der Waals surface area contributed by atoms with E-state index in [1.165, 1.54) is 24.1 Å². The molecule has 0 aliphatic rings. The van der Waals surface area contributed by atoms with E-state index in [1.807, 2.05) is 30.3 Å². The van der Waals surface area contributed by atoms with Crippen molar-refractivity contribution in [2.24, 2.45) is 0 Å². The standard InChI is InChI=1S/C23H30N4O7S/c1-5-24-23(29)17(2)25(14-13-18-9-7-6-8-10-18)22(28)16-26(35(4,32)33)20-15-19(27(30)31)11-12-21(20)34-3/h6-12,15,17H,5,13-14,16H2,1-4H3,(H,24,29)/t17-/m0/s1. The third kappa shape index (κ3) is 7.41. The average molecular weight is 507 g/mol. The molecule has 2 aromatic carbocycles. The van der Waals surface area contributed by atoms with Gasteiger partial charge < -0.3 is 15.0 Å². The van der Waals surface area contributed by atoms with Crippen LogP contribution in [-0.4, -0.2) is 69.1 Å². The Morgan fingerprint density at radius 1 is 1.17 bits per heavy atom. The van der Waals surface area contributed by atoms with Gasteiger partial charge in [-0.15, -0.1) is 0 Å². The molecule has 12 heteroatoms. The molecule has 0 radical (unpaired) electrons. The number of benzene rings is 2. The summed E-state index contributed by atoms with van der Waals surface area (Å²) in [5.74, 6) is -0.979. The Hall–Kier alpha value is -3.67.